The molecule has 12 heteroatoms. The second-order valence-electron chi connectivity index (χ2n) is 7.90. The lowest BCUT2D eigenvalue weighted by Crippen LogP contribution is -2.55. The molecule has 5 rings (SSSR count). The number of amides is 1. The molecule has 2 aromatic rings. The van der Waals surface area contributed by atoms with Crippen molar-refractivity contribution < 1.29 is 21.6 Å². The summed E-state index contributed by atoms with van der Waals surface area (Å²) < 4.78 is 56.1. The van der Waals surface area contributed by atoms with Gasteiger partial charge in [-0.05, 0) is 36.4 Å². The van der Waals surface area contributed by atoms with Crippen molar-refractivity contribution >= 4 is 43.1 Å². The molecule has 3 aliphatic heterocycles. The maximum atomic E-state index is 13.3. The van der Waals surface area contributed by atoms with Crippen molar-refractivity contribution in [2.24, 2.45) is 4.40 Å². The van der Waals surface area contributed by atoms with Crippen molar-refractivity contribution in [1.29, 1.82) is 0 Å². The van der Waals surface area contributed by atoms with Gasteiger partial charge in [0.1, 0.15) is 15.1 Å². The van der Waals surface area contributed by atoms with Gasteiger partial charge >= 0.3 is 0 Å². The predicted octanol–water partition coefficient (Wildman–Crippen LogP) is 1.19. The summed E-state index contributed by atoms with van der Waals surface area (Å²) in [7, 11) is -7.30. The highest BCUT2D eigenvalue weighted by Gasteiger charge is 2.41. The van der Waals surface area contributed by atoms with E-state index in [4.69, 9.17) is 0 Å². The molecular weight excluding hydrogens is 472 g/mol. The minimum Gasteiger partial charge on any atom is -0.343 e. The van der Waals surface area contributed by atoms with E-state index in [1.807, 2.05) is 0 Å². The minimum atomic E-state index is -3.76. The second kappa shape index (κ2) is 7.94. The molecule has 0 unspecified atom stereocenters. The highest BCUT2D eigenvalue weighted by Crippen LogP contribution is 2.32. The molecule has 4 heterocycles. The summed E-state index contributed by atoms with van der Waals surface area (Å²) in [4.78, 5) is 17.0. The molecule has 170 valence electrons. The molecule has 2 fully saturated rings. The Morgan fingerprint density at radius 3 is 2.50 bits per heavy atom. The van der Waals surface area contributed by atoms with Gasteiger partial charge in [0.05, 0.1) is 0 Å². The Morgan fingerprint density at radius 2 is 1.78 bits per heavy atom. The van der Waals surface area contributed by atoms with Crippen LogP contribution < -0.4 is 0 Å². The third-order valence-corrected chi connectivity index (χ3v) is 10.7. The Hall–Kier alpha value is -2.28. The van der Waals surface area contributed by atoms with Crippen LogP contribution in [-0.4, -0.2) is 81.4 Å². The fraction of sp³-hybridized carbons (Fsp3) is 0.400. The molecule has 0 spiro atoms. The Bertz CT molecular complexity index is 1280. The van der Waals surface area contributed by atoms with E-state index in [-0.39, 0.29) is 23.9 Å². The molecule has 0 aliphatic carbocycles. The Labute approximate surface area is 191 Å². The SMILES string of the molecule is O=C([C@@H]1CCCN1C1=NS(=O)(=O)c2ccccc21)N1CCN(S(=O)(=O)c2cccs2)CC1. The normalized spacial score (nSPS) is 23.2. The van der Waals surface area contributed by atoms with E-state index in [2.05, 4.69) is 4.40 Å². The van der Waals surface area contributed by atoms with Gasteiger partial charge in [-0.1, -0.05) is 18.2 Å². The summed E-state index contributed by atoms with van der Waals surface area (Å²) in [5.41, 5.74) is 0.527. The molecule has 1 aromatic heterocycles. The van der Waals surface area contributed by atoms with E-state index in [1.165, 1.54) is 21.7 Å². The highest BCUT2D eigenvalue weighted by atomic mass is 32.2. The van der Waals surface area contributed by atoms with Crippen molar-refractivity contribution in [1.82, 2.24) is 14.1 Å². The molecule has 0 radical (unpaired) electrons. The topological polar surface area (TPSA) is 107 Å². The fourth-order valence-corrected chi connectivity index (χ4v) is 8.25. The molecule has 0 saturated carbocycles. The third-order valence-electron chi connectivity index (χ3n) is 6.06. The van der Waals surface area contributed by atoms with Gasteiger partial charge in [-0.15, -0.1) is 15.7 Å². The molecule has 1 aromatic carbocycles. The van der Waals surface area contributed by atoms with Crippen LogP contribution in [0, 0.1) is 0 Å². The van der Waals surface area contributed by atoms with Crippen LogP contribution in [0.2, 0.25) is 0 Å². The molecule has 1 amide bonds. The number of hydrogen-bond acceptors (Lipinski definition) is 7. The van der Waals surface area contributed by atoms with E-state index in [9.17, 15) is 21.6 Å². The lowest BCUT2D eigenvalue weighted by Gasteiger charge is -2.37. The van der Waals surface area contributed by atoms with Gasteiger partial charge in [-0.25, -0.2) is 8.42 Å². The van der Waals surface area contributed by atoms with Crippen molar-refractivity contribution in [2.75, 3.05) is 32.7 Å². The first kappa shape index (κ1) is 21.6. The molecule has 1 atom stereocenters. The first-order chi connectivity index (χ1) is 15.3. The number of carbonyl (C=O) groups is 1. The molecule has 0 N–H and O–H groups in total. The number of sulfonamides is 2. The number of thiophene rings is 1. The van der Waals surface area contributed by atoms with E-state index in [0.717, 1.165) is 6.42 Å². The van der Waals surface area contributed by atoms with Gasteiger partial charge in [0, 0.05) is 38.3 Å². The molecule has 2 saturated heterocycles. The Balaban J connectivity index is 1.32. The number of benzene rings is 1. The zero-order valence-electron chi connectivity index (χ0n) is 17.1. The summed E-state index contributed by atoms with van der Waals surface area (Å²) >= 11 is 1.18. The van der Waals surface area contributed by atoms with Crippen molar-refractivity contribution in [3.63, 3.8) is 0 Å². The zero-order valence-corrected chi connectivity index (χ0v) is 19.6. The van der Waals surface area contributed by atoms with E-state index < -0.39 is 26.1 Å². The maximum Gasteiger partial charge on any atom is 0.285 e. The number of nitrogens with zero attached hydrogens (tertiary/aromatic N) is 4. The quantitative estimate of drug-likeness (QED) is 0.635. The monoisotopic (exact) mass is 494 g/mol. The Kier molecular flexibility index (Phi) is 5.35. The van der Waals surface area contributed by atoms with Crippen LogP contribution in [0.25, 0.3) is 0 Å². The highest BCUT2D eigenvalue weighted by molar-refractivity contribution is 7.91. The Morgan fingerprint density at radius 1 is 1.03 bits per heavy atom. The number of carbonyl (C=O) groups excluding carboxylic acids is 1. The number of rotatable bonds is 3. The predicted molar refractivity (Wildman–Crippen MR) is 120 cm³/mol. The average molecular weight is 495 g/mol. The van der Waals surface area contributed by atoms with Crippen LogP contribution in [0.3, 0.4) is 0 Å². The number of piperazine rings is 1. The maximum absolute atomic E-state index is 13.3. The number of hydrogen-bond donors (Lipinski definition) is 0. The van der Waals surface area contributed by atoms with Crippen molar-refractivity contribution in [3.05, 3.63) is 47.3 Å². The van der Waals surface area contributed by atoms with Crippen molar-refractivity contribution in [3.8, 4) is 0 Å². The zero-order chi connectivity index (χ0) is 22.5. The summed E-state index contributed by atoms with van der Waals surface area (Å²) in [6.07, 6.45) is 1.36. The average Bonchev–Trinajstić information content (AvgIpc) is 3.53. The molecular formula is C20H22N4O5S3. The lowest BCUT2D eigenvalue weighted by atomic mass is 10.1. The van der Waals surface area contributed by atoms with Gasteiger partial charge in [0.25, 0.3) is 20.0 Å². The standard InChI is InChI=1S/C20H22N4O5S3/c25-20(22-10-12-23(13-11-22)32(28,29)18-8-4-14-30-18)16-6-3-9-24(16)19-15-5-1-2-7-17(15)31(26,27)21-19/h1-2,4-5,7-8,14,16H,3,6,9-13H2/t16-/m0/s1. The summed E-state index contributed by atoms with van der Waals surface area (Å²) in [5.74, 6) is 0.218. The summed E-state index contributed by atoms with van der Waals surface area (Å²) in [6.45, 7) is 1.61. The molecule has 32 heavy (non-hydrogen) atoms. The van der Waals surface area contributed by atoms with Crippen LogP contribution in [0.5, 0.6) is 0 Å². The van der Waals surface area contributed by atoms with Crippen LogP contribution in [0.15, 0.2) is 55.3 Å². The number of amidine groups is 1. The van der Waals surface area contributed by atoms with Crippen LogP contribution in [0.1, 0.15) is 18.4 Å². The first-order valence-electron chi connectivity index (χ1n) is 10.3. The first-order valence-corrected chi connectivity index (χ1v) is 14.1. The third kappa shape index (κ3) is 3.54. The number of fused-ring (bicyclic) bond motifs is 1. The smallest absolute Gasteiger partial charge is 0.285 e. The fourth-order valence-electron chi connectivity index (χ4n) is 4.47. The molecule has 3 aliphatic rings. The van der Waals surface area contributed by atoms with Gasteiger partial charge < -0.3 is 9.80 Å². The van der Waals surface area contributed by atoms with Gasteiger partial charge in [-0.2, -0.15) is 12.7 Å². The van der Waals surface area contributed by atoms with Gasteiger partial charge in [-0.3, -0.25) is 4.79 Å². The number of likely N-dealkylation sites (tertiary alicyclic amines) is 1. The van der Waals surface area contributed by atoms with Crippen LogP contribution in [0.4, 0.5) is 0 Å². The second-order valence-corrected chi connectivity index (χ2v) is 12.6. The van der Waals surface area contributed by atoms with E-state index in [1.54, 1.807) is 45.5 Å². The lowest BCUT2D eigenvalue weighted by molar-refractivity contribution is -0.136. The van der Waals surface area contributed by atoms with Crippen molar-refractivity contribution in [2.45, 2.75) is 28.0 Å². The molecule has 9 nitrogen and oxygen atoms in total. The summed E-state index contributed by atoms with van der Waals surface area (Å²) in [6, 6.07) is 9.45. The van der Waals surface area contributed by atoms with Crippen LogP contribution >= 0.6 is 11.3 Å². The largest absolute Gasteiger partial charge is 0.343 e. The van der Waals surface area contributed by atoms with Crippen LogP contribution in [-0.2, 0) is 24.8 Å². The van der Waals surface area contributed by atoms with Gasteiger partial charge in [0.15, 0.2) is 5.84 Å². The van der Waals surface area contributed by atoms with E-state index in [0.29, 0.717) is 41.7 Å². The minimum absolute atomic E-state index is 0.111. The molecule has 0 bridgehead atoms. The summed E-state index contributed by atoms with van der Waals surface area (Å²) in [5, 5.41) is 1.73. The van der Waals surface area contributed by atoms with E-state index >= 15 is 0 Å². The van der Waals surface area contributed by atoms with Gasteiger partial charge in [0.2, 0.25) is 5.91 Å².